The first kappa shape index (κ1) is 28.5. The van der Waals surface area contributed by atoms with Gasteiger partial charge in [0.25, 0.3) is 0 Å². The summed E-state index contributed by atoms with van der Waals surface area (Å²) in [6.45, 7) is -0.655. The molecule has 0 radical (unpaired) electrons. The molecular weight excluding hydrogens is 561 g/mol. The van der Waals surface area contributed by atoms with Crippen molar-refractivity contribution in [1.29, 1.82) is 0 Å². The minimum absolute atomic E-state index is 0.105. The fraction of sp³-hybridized carbons (Fsp3) is 0.421. The summed E-state index contributed by atoms with van der Waals surface area (Å²) in [7, 11) is -9.59. The molecule has 5 atom stereocenters. The molecule has 3 heterocycles. The molecule has 0 amide bonds. The average Bonchev–Trinajstić information content (AvgIpc) is 3.36. The van der Waals surface area contributed by atoms with E-state index in [1.54, 1.807) is 0 Å². The Labute approximate surface area is 211 Å². The SMILES string of the molecule is O=P(O)(O)CP(=O)(O)OC[C@H]1O[C@@H](n2cnc3c(NCc4ccc(C(F)(F)F)cc4)ncnc32)[C@H](O)[C@@H]1O. The van der Waals surface area contributed by atoms with Crippen molar-refractivity contribution in [2.45, 2.75) is 37.3 Å². The fourth-order valence-corrected chi connectivity index (χ4v) is 6.29. The van der Waals surface area contributed by atoms with E-state index in [9.17, 15) is 37.4 Å². The summed E-state index contributed by atoms with van der Waals surface area (Å²) in [6, 6.07) is 4.52. The van der Waals surface area contributed by atoms with Gasteiger partial charge in [-0.1, -0.05) is 12.1 Å². The molecule has 0 saturated carbocycles. The van der Waals surface area contributed by atoms with Crippen molar-refractivity contribution in [3.05, 3.63) is 48.0 Å². The molecule has 38 heavy (non-hydrogen) atoms. The maximum Gasteiger partial charge on any atom is 0.416 e. The Morgan fingerprint density at radius 2 is 1.74 bits per heavy atom. The van der Waals surface area contributed by atoms with Crippen LogP contribution in [0.15, 0.2) is 36.9 Å². The quantitative estimate of drug-likeness (QED) is 0.197. The van der Waals surface area contributed by atoms with Gasteiger partial charge in [-0.15, -0.1) is 0 Å². The third kappa shape index (κ3) is 6.57. The Hall–Kier alpha value is -2.46. The van der Waals surface area contributed by atoms with Crippen LogP contribution in [0.5, 0.6) is 0 Å². The lowest BCUT2D eigenvalue weighted by Crippen LogP contribution is -2.33. The molecule has 2 aromatic heterocycles. The standard InChI is InChI=1S/C19H22F3N5O9P2/c20-19(21,22)11-3-1-10(2-4-11)5-23-16-13-17(25-7-24-16)27(8-26-13)18-15(29)14(28)12(36-18)6-35-38(33,34)9-37(30,31)32/h1-4,7-8,12,14-15,18,28-29H,5-6,9H2,(H,33,34)(H,23,24,25)(H2,30,31,32)/t12-,14-,15-,18-/m1/s1. The van der Waals surface area contributed by atoms with Gasteiger partial charge in [-0.2, -0.15) is 13.2 Å². The number of aromatic nitrogens is 4. The molecule has 1 unspecified atom stereocenters. The largest absolute Gasteiger partial charge is 0.416 e. The summed E-state index contributed by atoms with van der Waals surface area (Å²) in [4.78, 5) is 39.7. The van der Waals surface area contributed by atoms with Crippen molar-refractivity contribution in [1.82, 2.24) is 19.5 Å². The molecule has 1 saturated heterocycles. The third-order valence-electron chi connectivity index (χ3n) is 5.51. The van der Waals surface area contributed by atoms with E-state index in [0.717, 1.165) is 18.5 Å². The molecule has 1 aromatic carbocycles. The van der Waals surface area contributed by atoms with Crippen molar-refractivity contribution in [2.75, 3.05) is 17.8 Å². The van der Waals surface area contributed by atoms with Crippen molar-refractivity contribution >= 4 is 32.2 Å². The van der Waals surface area contributed by atoms with Crippen LogP contribution in [0.2, 0.25) is 0 Å². The number of imidazole rings is 1. The van der Waals surface area contributed by atoms with E-state index in [4.69, 9.17) is 14.5 Å². The zero-order valence-electron chi connectivity index (χ0n) is 19.1. The first-order valence-electron chi connectivity index (χ1n) is 10.7. The number of anilines is 1. The molecule has 0 bridgehead atoms. The molecule has 0 spiro atoms. The molecule has 4 rings (SSSR count). The summed E-state index contributed by atoms with van der Waals surface area (Å²) in [6.07, 6.45) is -7.85. The molecule has 1 aliphatic heterocycles. The number of halogens is 3. The maximum atomic E-state index is 12.8. The lowest BCUT2D eigenvalue weighted by molar-refractivity contribution is -0.137. The van der Waals surface area contributed by atoms with Crippen molar-refractivity contribution in [2.24, 2.45) is 0 Å². The van der Waals surface area contributed by atoms with Crippen LogP contribution in [0.25, 0.3) is 11.2 Å². The second-order valence-corrected chi connectivity index (χ2v) is 12.4. The number of benzene rings is 1. The van der Waals surface area contributed by atoms with Gasteiger partial charge in [-0.05, 0) is 17.7 Å². The van der Waals surface area contributed by atoms with Gasteiger partial charge >= 0.3 is 21.4 Å². The predicted octanol–water partition coefficient (Wildman–Crippen LogP) is 1.41. The van der Waals surface area contributed by atoms with Crippen LogP contribution < -0.4 is 5.32 Å². The smallest absolute Gasteiger partial charge is 0.387 e. The number of ether oxygens (including phenoxy) is 1. The van der Waals surface area contributed by atoms with E-state index in [-0.39, 0.29) is 23.5 Å². The topological polar surface area (TPSA) is 209 Å². The highest BCUT2D eigenvalue weighted by atomic mass is 31.2. The van der Waals surface area contributed by atoms with Crippen LogP contribution in [0.1, 0.15) is 17.4 Å². The van der Waals surface area contributed by atoms with Gasteiger partial charge in [0.1, 0.15) is 24.6 Å². The molecule has 3 aromatic rings. The highest BCUT2D eigenvalue weighted by molar-refractivity contribution is 7.70. The van der Waals surface area contributed by atoms with Crippen LogP contribution >= 0.6 is 15.2 Å². The number of alkyl halides is 3. The summed E-state index contributed by atoms with van der Waals surface area (Å²) in [5.74, 6) is -1.21. The summed E-state index contributed by atoms with van der Waals surface area (Å²) >= 11 is 0. The Kier molecular flexibility index (Phi) is 7.96. The van der Waals surface area contributed by atoms with E-state index in [1.807, 2.05) is 0 Å². The summed E-state index contributed by atoms with van der Waals surface area (Å²) in [5, 5.41) is 23.8. The number of nitrogens with zero attached hydrogens (tertiary/aromatic N) is 4. The van der Waals surface area contributed by atoms with Crippen LogP contribution in [-0.2, 0) is 31.1 Å². The minimum Gasteiger partial charge on any atom is -0.387 e. The van der Waals surface area contributed by atoms with Crippen molar-refractivity contribution in [3.8, 4) is 0 Å². The Morgan fingerprint density at radius 1 is 1.05 bits per heavy atom. The van der Waals surface area contributed by atoms with Crippen molar-refractivity contribution < 1.29 is 56.5 Å². The van der Waals surface area contributed by atoms with Gasteiger partial charge < -0.3 is 39.5 Å². The molecule has 1 aliphatic rings. The van der Waals surface area contributed by atoms with Crippen LogP contribution in [0, 0.1) is 0 Å². The first-order chi connectivity index (χ1) is 17.6. The summed E-state index contributed by atoms with van der Waals surface area (Å²) < 4.78 is 72.7. The highest BCUT2D eigenvalue weighted by Crippen LogP contribution is 2.55. The van der Waals surface area contributed by atoms with Gasteiger partial charge in [-0.3, -0.25) is 13.7 Å². The van der Waals surface area contributed by atoms with Gasteiger partial charge in [0.05, 0.1) is 18.5 Å². The first-order valence-corrected chi connectivity index (χ1v) is 14.3. The monoisotopic (exact) mass is 583 g/mol. The number of fused-ring (bicyclic) bond motifs is 1. The van der Waals surface area contributed by atoms with E-state index in [1.165, 1.54) is 23.0 Å². The molecular formula is C19H22F3N5O9P2. The van der Waals surface area contributed by atoms with E-state index >= 15 is 0 Å². The maximum absolute atomic E-state index is 12.8. The Bertz CT molecular complexity index is 1380. The predicted molar refractivity (Wildman–Crippen MR) is 123 cm³/mol. The third-order valence-corrected chi connectivity index (χ3v) is 8.97. The van der Waals surface area contributed by atoms with E-state index < -0.39 is 64.0 Å². The van der Waals surface area contributed by atoms with Crippen LogP contribution in [0.4, 0.5) is 19.0 Å². The van der Waals surface area contributed by atoms with Crippen molar-refractivity contribution in [3.63, 3.8) is 0 Å². The average molecular weight is 583 g/mol. The fourth-order valence-electron chi connectivity index (χ4n) is 3.73. The number of aliphatic hydroxyl groups is 2. The van der Waals surface area contributed by atoms with Crippen LogP contribution in [0.3, 0.4) is 0 Å². The number of nitrogens with one attached hydrogen (secondary N) is 1. The van der Waals surface area contributed by atoms with Gasteiger partial charge in [0.2, 0.25) is 0 Å². The number of rotatable bonds is 9. The highest BCUT2D eigenvalue weighted by Gasteiger charge is 2.45. The molecule has 1 fully saturated rings. The Balaban J connectivity index is 1.46. The molecule has 19 heteroatoms. The van der Waals surface area contributed by atoms with Gasteiger partial charge in [0, 0.05) is 6.54 Å². The second-order valence-electron chi connectivity index (χ2n) is 8.38. The molecule has 0 aliphatic carbocycles. The summed E-state index contributed by atoms with van der Waals surface area (Å²) in [5.41, 5.74) is 0.117. The second kappa shape index (κ2) is 10.6. The van der Waals surface area contributed by atoms with Gasteiger partial charge in [0.15, 0.2) is 29.1 Å². The normalized spacial score (nSPS) is 24.0. The van der Waals surface area contributed by atoms with Gasteiger partial charge in [-0.25, -0.2) is 15.0 Å². The Morgan fingerprint density at radius 3 is 2.37 bits per heavy atom. The number of hydrogen-bond acceptors (Lipinski definition) is 10. The number of aliphatic hydroxyl groups excluding tert-OH is 2. The lowest BCUT2D eigenvalue weighted by atomic mass is 10.1. The van der Waals surface area contributed by atoms with E-state index in [0.29, 0.717) is 5.56 Å². The van der Waals surface area contributed by atoms with Crippen LogP contribution in [-0.4, -0.2) is 75.2 Å². The van der Waals surface area contributed by atoms with E-state index in [2.05, 4.69) is 24.8 Å². The molecule has 6 N–H and O–H groups in total. The zero-order chi connectivity index (χ0) is 27.9. The zero-order valence-corrected chi connectivity index (χ0v) is 20.9. The number of hydrogen-bond donors (Lipinski definition) is 6. The lowest BCUT2D eigenvalue weighted by Gasteiger charge is -2.18. The minimum atomic E-state index is -4.86. The molecule has 14 nitrogen and oxygen atoms in total. The molecule has 208 valence electrons.